The van der Waals surface area contributed by atoms with Crippen molar-refractivity contribution in [2.24, 2.45) is 5.92 Å². The van der Waals surface area contributed by atoms with Crippen LogP contribution in [0.25, 0.3) is 0 Å². The zero-order valence-corrected chi connectivity index (χ0v) is 16.2. The molecule has 1 aliphatic carbocycles. The first-order chi connectivity index (χ1) is 14.2. The third-order valence-corrected chi connectivity index (χ3v) is 6.26. The van der Waals surface area contributed by atoms with Crippen molar-refractivity contribution in [1.29, 1.82) is 5.26 Å². The molecule has 2 aromatic rings. The van der Waals surface area contributed by atoms with Crippen molar-refractivity contribution in [1.82, 2.24) is 14.5 Å². The predicted molar refractivity (Wildman–Crippen MR) is 103 cm³/mol. The van der Waals surface area contributed by atoms with Crippen molar-refractivity contribution in [3.8, 4) is 6.07 Å². The Balaban J connectivity index is 1.30. The molecule has 1 aromatic heterocycles. The predicted octanol–water partition coefficient (Wildman–Crippen LogP) is 2.48. The first-order valence-corrected chi connectivity index (χ1v) is 9.87. The Morgan fingerprint density at radius 1 is 1.17 bits per heavy atom. The van der Waals surface area contributed by atoms with Crippen LogP contribution in [0.3, 0.4) is 0 Å². The molecule has 1 aliphatic heterocycles. The van der Waals surface area contributed by atoms with Crippen LogP contribution in [0.4, 0.5) is 13.2 Å². The highest BCUT2D eigenvalue weighted by atomic mass is 19.4. The van der Waals surface area contributed by atoms with Crippen LogP contribution in [0.2, 0.25) is 0 Å². The number of nitrogens with one attached hydrogen (secondary N) is 1. The van der Waals surface area contributed by atoms with Crippen LogP contribution in [0, 0.1) is 17.2 Å². The minimum Gasteiger partial charge on any atom is -0.302 e. The van der Waals surface area contributed by atoms with Crippen molar-refractivity contribution in [3.05, 3.63) is 68.0 Å². The number of aromatic amines is 1. The Morgan fingerprint density at radius 2 is 1.87 bits per heavy atom. The number of nitrogens with zero attached hydrogens (tertiary/aromatic N) is 3. The Morgan fingerprint density at radius 3 is 2.53 bits per heavy atom. The third-order valence-electron chi connectivity index (χ3n) is 6.26. The summed E-state index contributed by atoms with van der Waals surface area (Å²) < 4.78 is 39.7. The molecule has 2 unspecified atom stereocenters. The van der Waals surface area contributed by atoms with Crippen LogP contribution in [0.5, 0.6) is 0 Å². The van der Waals surface area contributed by atoms with Crippen LogP contribution in [-0.2, 0) is 18.1 Å². The van der Waals surface area contributed by atoms with Gasteiger partial charge in [-0.05, 0) is 49.4 Å². The fraction of sp³-hybridized carbons (Fsp3) is 0.476. The number of benzene rings is 1. The first kappa shape index (κ1) is 20.4. The number of likely N-dealkylation sites (tertiary alicyclic amines) is 1. The average Bonchev–Trinajstić information content (AvgIpc) is 3.27. The summed E-state index contributed by atoms with van der Waals surface area (Å²) in [6, 6.07) is 7.32. The molecule has 1 aromatic carbocycles. The van der Waals surface area contributed by atoms with Crippen molar-refractivity contribution >= 4 is 0 Å². The maximum Gasteiger partial charge on any atom is 0.416 e. The molecule has 2 aliphatic rings. The number of halogens is 3. The number of hydrogen-bond donors (Lipinski definition) is 1. The molecule has 0 spiro atoms. The second-order valence-corrected chi connectivity index (χ2v) is 8.18. The molecule has 0 radical (unpaired) electrons. The number of hydrogen-bond acceptors (Lipinski definition) is 4. The van der Waals surface area contributed by atoms with E-state index in [9.17, 15) is 22.8 Å². The van der Waals surface area contributed by atoms with Gasteiger partial charge >= 0.3 is 11.9 Å². The van der Waals surface area contributed by atoms with Crippen LogP contribution in [0.15, 0.2) is 40.1 Å². The molecule has 158 valence electrons. The highest BCUT2D eigenvalue weighted by molar-refractivity contribution is 5.39. The quantitative estimate of drug-likeness (QED) is 0.731. The Hall–Kier alpha value is -2.86. The SMILES string of the molecule is N#Cc1cn(CCCCN2CC3CC3(c3ccc(C(F)(F)F)cc3)C2)c(=O)[nH]c1=O. The maximum atomic E-state index is 12.8. The number of aromatic nitrogens is 2. The normalized spacial score (nSPS) is 23.2. The smallest absolute Gasteiger partial charge is 0.302 e. The molecule has 2 heterocycles. The van der Waals surface area contributed by atoms with E-state index in [4.69, 9.17) is 5.26 Å². The largest absolute Gasteiger partial charge is 0.416 e. The van der Waals surface area contributed by atoms with E-state index in [0.717, 1.165) is 38.0 Å². The average molecular weight is 418 g/mol. The summed E-state index contributed by atoms with van der Waals surface area (Å²) in [5.41, 5.74) is -0.959. The molecule has 30 heavy (non-hydrogen) atoms. The number of nitriles is 1. The van der Waals surface area contributed by atoms with Gasteiger partial charge < -0.3 is 4.90 Å². The summed E-state index contributed by atoms with van der Waals surface area (Å²) in [5, 5.41) is 8.90. The van der Waals surface area contributed by atoms with Crippen LogP contribution in [0.1, 0.15) is 36.0 Å². The number of aryl methyl sites for hydroxylation is 1. The molecule has 2 fully saturated rings. The van der Waals surface area contributed by atoms with Gasteiger partial charge in [-0.3, -0.25) is 14.3 Å². The lowest BCUT2D eigenvalue weighted by Crippen LogP contribution is -2.31. The molecular weight excluding hydrogens is 397 g/mol. The van der Waals surface area contributed by atoms with Gasteiger partial charge in [-0.2, -0.15) is 18.4 Å². The molecule has 1 saturated heterocycles. The third kappa shape index (κ3) is 3.79. The van der Waals surface area contributed by atoms with Crippen molar-refractivity contribution in [3.63, 3.8) is 0 Å². The first-order valence-electron chi connectivity index (χ1n) is 9.87. The molecular formula is C21H21F3N4O2. The Labute approximate surface area is 170 Å². The summed E-state index contributed by atoms with van der Waals surface area (Å²) in [5.74, 6) is 0.481. The van der Waals surface area contributed by atoms with E-state index in [1.807, 2.05) is 0 Å². The minimum atomic E-state index is -4.32. The molecule has 9 heteroatoms. The standard InChI is InChI=1S/C21H21F3N4O2/c22-21(23,24)16-5-3-15(4-6-16)20-9-17(20)12-27(13-20)7-1-2-8-28-11-14(10-25)18(29)26-19(28)30/h3-6,11,17H,1-2,7-9,12-13H2,(H,26,29,30). The number of piperidine rings is 1. The molecule has 6 nitrogen and oxygen atoms in total. The van der Waals surface area contributed by atoms with Gasteiger partial charge in [0.15, 0.2) is 0 Å². The molecule has 0 amide bonds. The summed E-state index contributed by atoms with van der Waals surface area (Å²) >= 11 is 0. The van der Waals surface area contributed by atoms with E-state index in [2.05, 4.69) is 9.88 Å². The number of H-pyrrole nitrogens is 1. The molecule has 1 N–H and O–H groups in total. The highest BCUT2D eigenvalue weighted by Crippen LogP contribution is 2.59. The molecule has 4 rings (SSSR count). The van der Waals surface area contributed by atoms with Gasteiger partial charge in [-0.1, -0.05) is 12.1 Å². The maximum absolute atomic E-state index is 12.8. The van der Waals surface area contributed by atoms with Gasteiger partial charge in [-0.15, -0.1) is 0 Å². The number of alkyl halides is 3. The molecule has 2 atom stereocenters. The Bertz CT molecular complexity index is 1100. The van der Waals surface area contributed by atoms with Gasteiger partial charge in [-0.25, -0.2) is 4.79 Å². The van der Waals surface area contributed by atoms with Crippen LogP contribution in [-0.4, -0.2) is 34.1 Å². The van der Waals surface area contributed by atoms with E-state index in [-0.39, 0.29) is 11.0 Å². The van der Waals surface area contributed by atoms with Gasteiger partial charge in [0.05, 0.1) is 5.56 Å². The van der Waals surface area contributed by atoms with E-state index in [0.29, 0.717) is 18.9 Å². The Kier molecular flexibility index (Phi) is 5.06. The lowest BCUT2D eigenvalue weighted by atomic mass is 9.94. The molecule has 1 saturated carbocycles. The van der Waals surface area contributed by atoms with Gasteiger partial charge in [0.1, 0.15) is 11.6 Å². The van der Waals surface area contributed by atoms with Gasteiger partial charge in [0.25, 0.3) is 5.56 Å². The van der Waals surface area contributed by atoms with Gasteiger partial charge in [0.2, 0.25) is 0 Å². The number of rotatable bonds is 6. The topological polar surface area (TPSA) is 81.9 Å². The monoisotopic (exact) mass is 418 g/mol. The molecule has 0 bridgehead atoms. The highest BCUT2D eigenvalue weighted by Gasteiger charge is 2.60. The summed E-state index contributed by atoms with van der Waals surface area (Å²) in [4.78, 5) is 27.7. The van der Waals surface area contributed by atoms with E-state index >= 15 is 0 Å². The lowest BCUT2D eigenvalue weighted by molar-refractivity contribution is -0.137. The lowest BCUT2D eigenvalue weighted by Gasteiger charge is -2.21. The number of unbranched alkanes of at least 4 members (excludes halogenated alkanes) is 1. The fourth-order valence-electron chi connectivity index (χ4n) is 4.57. The fourth-order valence-corrected chi connectivity index (χ4v) is 4.57. The van der Waals surface area contributed by atoms with Gasteiger partial charge in [0, 0.05) is 31.2 Å². The second-order valence-electron chi connectivity index (χ2n) is 8.18. The summed E-state index contributed by atoms with van der Waals surface area (Å²) in [7, 11) is 0. The summed E-state index contributed by atoms with van der Waals surface area (Å²) in [6.07, 6.45) is -0.471. The van der Waals surface area contributed by atoms with E-state index < -0.39 is 23.0 Å². The second kappa shape index (κ2) is 7.43. The van der Waals surface area contributed by atoms with E-state index in [1.165, 1.54) is 22.9 Å². The van der Waals surface area contributed by atoms with Crippen molar-refractivity contribution in [2.45, 2.75) is 37.4 Å². The number of fused-ring (bicyclic) bond motifs is 1. The van der Waals surface area contributed by atoms with Crippen molar-refractivity contribution in [2.75, 3.05) is 19.6 Å². The zero-order chi connectivity index (χ0) is 21.5. The van der Waals surface area contributed by atoms with E-state index in [1.54, 1.807) is 18.2 Å². The van der Waals surface area contributed by atoms with Crippen LogP contribution < -0.4 is 11.2 Å². The van der Waals surface area contributed by atoms with Crippen LogP contribution >= 0.6 is 0 Å². The zero-order valence-electron chi connectivity index (χ0n) is 16.2. The minimum absolute atomic E-state index is 0.0261. The van der Waals surface area contributed by atoms with Crippen molar-refractivity contribution < 1.29 is 13.2 Å². The summed E-state index contributed by atoms with van der Waals surface area (Å²) in [6.45, 7) is 3.01.